The van der Waals surface area contributed by atoms with Gasteiger partial charge in [0.15, 0.2) is 0 Å². The number of nitrogens with zero attached hydrogens (tertiary/aromatic N) is 1. The van der Waals surface area contributed by atoms with Crippen molar-refractivity contribution in [3.63, 3.8) is 0 Å². The van der Waals surface area contributed by atoms with Gasteiger partial charge in [0.05, 0.1) is 0 Å². The maximum Gasteiger partial charge on any atom is 0.0299 e. The Bertz CT molecular complexity index is 194. The molecule has 0 aliphatic carbocycles. The molecule has 0 aliphatic rings. The van der Waals surface area contributed by atoms with E-state index in [9.17, 15) is 0 Å². The van der Waals surface area contributed by atoms with Crippen LogP contribution in [0.4, 0.5) is 0 Å². The molecule has 1 aromatic rings. The van der Waals surface area contributed by atoms with Gasteiger partial charge < -0.3 is 5.73 Å². The quantitative estimate of drug-likeness (QED) is 0.706. The molecule has 2 heteroatoms. The third kappa shape index (κ3) is 3.14. The van der Waals surface area contributed by atoms with Crippen LogP contribution < -0.4 is 5.73 Å². The molecule has 2 nitrogen and oxygen atoms in total. The second kappa shape index (κ2) is 4.09. The van der Waals surface area contributed by atoms with Crippen LogP contribution in [0, 0.1) is 0 Å². The standard InChI is InChI=1S/C9H14N2/c1-8(10)4-5-9-3-2-6-11-7-9/h2-3,6-8H,4-5,10H2,1H3. The molecule has 0 saturated carbocycles. The van der Waals surface area contributed by atoms with Crippen LogP contribution in [0.25, 0.3) is 0 Å². The molecule has 0 amide bonds. The van der Waals surface area contributed by atoms with Gasteiger partial charge in [-0.15, -0.1) is 0 Å². The zero-order chi connectivity index (χ0) is 8.10. The molecule has 1 heterocycles. The number of nitrogens with two attached hydrogens (primary N) is 1. The van der Waals surface area contributed by atoms with Crippen LogP contribution in [0.2, 0.25) is 0 Å². The Morgan fingerprint density at radius 2 is 2.45 bits per heavy atom. The van der Waals surface area contributed by atoms with Crippen LogP contribution in [0.1, 0.15) is 18.9 Å². The molecule has 0 fully saturated rings. The van der Waals surface area contributed by atoms with Gasteiger partial charge >= 0.3 is 0 Å². The van der Waals surface area contributed by atoms with Crippen LogP contribution in [0.5, 0.6) is 0 Å². The number of hydrogen-bond donors (Lipinski definition) is 1. The number of pyridine rings is 1. The summed E-state index contributed by atoms with van der Waals surface area (Å²) in [6.07, 6.45) is 5.74. The molecule has 0 saturated heterocycles. The first-order chi connectivity index (χ1) is 5.29. The third-order valence-electron chi connectivity index (χ3n) is 1.61. The molecule has 0 spiro atoms. The average Bonchev–Trinajstić information content (AvgIpc) is 2.03. The molecule has 0 aliphatic heterocycles. The molecule has 0 bridgehead atoms. The van der Waals surface area contributed by atoms with Crippen molar-refractivity contribution in [3.8, 4) is 0 Å². The fourth-order valence-electron chi connectivity index (χ4n) is 0.940. The summed E-state index contributed by atoms with van der Waals surface area (Å²) in [6.45, 7) is 2.02. The van der Waals surface area contributed by atoms with Gasteiger partial charge in [-0.3, -0.25) is 4.98 Å². The van der Waals surface area contributed by atoms with Gasteiger partial charge in [0, 0.05) is 18.4 Å². The zero-order valence-electron chi connectivity index (χ0n) is 6.83. The average molecular weight is 150 g/mol. The Kier molecular flexibility index (Phi) is 3.05. The van der Waals surface area contributed by atoms with Crippen molar-refractivity contribution in [2.75, 3.05) is 0 Å². The van der Waals surface area contributed by atoms with Crippen molar-refractivity contribution >= 4 is 0 Å². The summed E-state index contributed by atoms with van der Waals surface area (Å²) < 4.78 is 0. The lowest BCUT2D eigenvalue weighted by molar-refractivity contribution is 0.665. The van der Waals surface area contributed by atoms with Gasteiger partial charge in [-0.05, 0) is 31.4 Å². The van der Waals surface area contributed by atoms with Gasteiger partial charge in [-0.25, -0.2) is 0 Å². The van der Waals surface area contributed by atoms with E-state index in [1.807, 2.05) is 19.2 Å². The van der Waals surface area contributed by atoms with Crippen LogP contribution in [0.3, 0.4) is 0 Å². The van der Waals surface area contributed by atoms with E-state index in [-0.39, 0.29) is 6.04 Å². The maximum atomic E-state index is 5.62. The Labute approximate surface area is 67.5 Å². The fraction of sp³-hybridized carbons (Fsp3) is 0.444. The van der Waals surface area contributed by atoms with Crippen molar-refractivity contribution in [3.05, 3.63) is 30.1 Å². The Hall–Kier alpha value is -0.890. The summed E-state index contributed by atoms with van der Waals surface area (Å²) >= 11 is 0. The van der Waals surface area contributed by atoms with Gasteiger partial charge in [-0.1, -0.05) is 6.07 Å². The molecule has 1 rings (SSSR count). The van der Waals surface area contributed by atoms with Gasteiger partial charge in [0.2, 0.25) is 0 Å². The highest BCUT2D eigenvalue weighted by molar-refractivity contribution is 5.08. The molecule has 11 heavy (non-hydrogen) atoms. The van der Waals surface area contributed by atoms with E-state index in [2.05, 4.69) is 11.1 Å². The monoisotopic (exact) mass is 150 g/mol. The van der Waals surface area contributed by atoms with Crippen molar-refractivity contribution in [2.24, 2.45) is 5.73 Å². The number of aromatic nitrogens is 1. The number of hydrogen-bond acceptors (Lipinski definition) is 2. The second-order valence-electron chi connectivity index (χ2n) is 2.88. The molecule has 60 valence electrons. The first-order valence-electron chi connectivity index (χ1n) is 3.93. The lowest BCUT2D eigenvalue weighted by atomic mass is 10.1. The fourth-order valence-corrected chi connectivity index (χ4v) is 0.940. The van der Waals surface area contributed by atoms with E-state index in [1.165, 1.54) is 5.56 Å². The van der Waals surface area contributed by atoms with Gasteiger partial charge in [0.25, 0.3) is 0 Å². The minimum Gasteiger partial charge on any atom is -0.328 e. The lowest BCUT2D eigenvalue weighted by Gasteiger charge is -2.03. The molecular weight excluding hydrogens is 136 g/mol. The summed E-state index contributed by atoms with van der Waals surface area (Å²) in [6, 6.07) is 4.32. The molecule has 1 unspecified atom stereocenters. The van der Waals surface area contributed by atoms with E-state index in [1.54, 1.807) is 6.20 Å². The van der Waals surface area contributed by atoms with Crippen LogP contribution in [-0.4, -0.2) is 11.0 Å². The minimum atomic E-state index is 0.287. The minimum absolute atomic E-state index is 0.287. The van der Waals surface area contributed by atoms with E-state index >= 15 is 0 Å². The first kappa shape index (κ1) is 8.21. The van der Waals surface area contributed by atoms with Crippen molar-refractivity contribution in [1.29, 1.82) is 0 Å². The van der Waals surface area contributed by atoms with Crippen LogP contribution >= 0.6 is 0 Å². The Morgan fingerprint density at radius 1 is 1.64 bits per heavy atom. The summed E-state index contributed by atoms with van der Waals surface area (Å²) in [4.78, 5) is 4.02. The van der Waals surface area contributed by atoms with Gasteiger partial charge in [0.1, 0.15) is 0 Å². The molecule has 1 aromatic heterocycles. The van der Waals surface area contributed by atoms with E-state index < -0.39 is 0 Å². The topological polar surface area (TPSA) is 38.9 Å². The second-order valence-corrected chi connectivity index (χ2v) is 2.88. The zero-order valence-corrected chi connectivity index (χ0v) is 6.83. The van der Waals surface area contributed by atoms with E-state index in [0.717, 1.165) is 12.8 Å². The largest absolute Gasteiger partial charge is 0.328 e. The predicted octanol–water partition coefficient (Wildman–Crippen LogP) is 1.36. The number of rotatable bonds is 3. The van der Waals surface area contributed by atoms with Crippen molar-refractivity contribution in [2.45, 2.75) is 25.8 Å². The van der Waals surface area contributed by atoms with Crippen molar-refractivity contribution in [1.82, 2.24) is 4.98 Å². The highest BCUT2D eigenvalue weighted by Gasteiger charge is 1.95. The highest BCUT2D eigenvalue weighted by atomic mass is 14.6. The molecule has 0 aromatic carbocycles. The Morgan fingerprint density at radius 3 is 3.00 bits per heavy atom. The highest BCUT2D eigenvalue weighted by Crippen LogP contribution is 2.01. The molecule has 0 radical (unpaired) electrons. The molecule has 1 atom stereocenters. The van der Waals surface area contributed by atoms with Crippen LogP contribution in [0.15, 0.2) is 24.5 Å². The maximum absolute atomic E-state index is 5.62. The van der Waals surface area contributed by atoms with E-state index in [4.69, 9.17) is 5.73 Å². The Balaban J connectivity index is 2.39. The normalized spacial score (nSPS) is 12.9. The summed E-state index contributed by atoms with van der Waals surface area (Å²) in [5.41, 5.74) is 6.89. The lowest BCUT2D eigenvalue weighted by Crippen LogP contribution is -2.15. The number of aryl methyl sites for hydroxylation is 1. The summed E-state index contributed by atoms with van der Waals surface area (Å²) in [5.74, 6) is 0. The van der Waals surface area contributed by atoms with Crippen molar-refractivity contribution < 1.29 is 0 Å². The van der Waals surface area contributed by atoms with Crippen LogP contribution in [-0.2, 0) is 6.42 Å². The smallest absolute Gasteiger partial charge is 0.0299 e. The summed E-state index contributed by atoms with van der Waals surface area (Å²) in [7, 11) is 0. The predicted molar refractivity (Wildman–Crippen MR) is 46.2 cm³/mol. The third-order valence-corrected chi connectivity index (χ3v) is 1.61. The first-order valence-corrected chi connectivity index (χ1v) is 3.93. The molecule has 2 N–H and O–H groups in total. The molecular formula is C9H14N2. The van der Waals surface area contributed by atoms with E-state index in [0.29, 0.717) is 0 Å². The summed E-state index contributed by atoms with van der Waals surface area (Å²) in [5, 5.41) is 0. The van der Waals surface area contributed by atoms with Gasteiger partial charge in [-0.2, -0.15) is 0 Å². The SMILES string of the molecule is CC(N)CCc1cccnc1.